The number of hydrogen-bond acceptors (Lipinski definition) is 2. The highest BCUT2D eigenvalue weighted by Crippen LogP contribution is 2.22. The number of benzene rings is 1. The molecule has 14 heavy (non-hydrogen) atoms. The molecule has 1 unspecified atom stereocenters. The number of aliphatic hydroxyl groups is 1. The Balaban J connectivity index is 3.04. The van der Waals surface area contributed by atoms with E-state index in [-0.39, 0.29) is 12.7 Å². The first-order chi connectivity index (χ1) is 6.72. The molecule has 1 N–H and O–H groups in total. The first-order valence-corrected chi connectivity index (χ1v) is 4.98. The quantitative estimate of drug-likeness (QED) is 0.797. The zero-order chi connectivity index (χ0) is 10.6. The van der Waals surface area contributed by atoms with Crippen molar-refractivity contribution in [3.63, 3.8) is 0 Å². The topological polar surface area (TPSA) is 29.5 Å². The molecule has 1 aromatic rings. The summed E-state index contributed by atoms with van der Waals surface area (Å²) in [6, 6.07) is 6.04. The average Bonchev–Trinajstić information content (AvgIpc) is 2.27. The van der Waals surface area contributed by atoms with Crippen molar-refractivity contribution in [2.45, 2.75) is 33.0 Å². The van der Waals surface area contributed by atoms with Gasteiger partial charge in [0, 0.05) is 7.11 Å². The van der Waals surface area contributed by atoms with Crippen LogP contribution in [0.25, 0.3) is 0 Å². The summed E-state index contributed by atoms with van der Waals surface area (Å²) in [7, 11) is 1.71. The molecule has 0 bridgehead atoms. The van der Waals surface area contributed by atoms with Gasteiger partial charge in [-0.05, 0) is 30.0 Å². The molecule has 2 nitrogen and oxygen atoms in total. The van der Waals surface area contributed by atoms with Gasteiger partial charge in [0.05, 0.1) is 12.7 Å². The highest BCUT2D eigenvalue weighted by molar-refractivity contribution is 5.33. The van der Waals surface area contributed by atoms with Crippen LogP contribution in [0.2, 0.25) is 0 Å². The van der Waals surface area contributed by atoms with Crippen LogP contribution < -0.4 is 0 Å². The minimum Gasteiger partial charge on any atom is -0.392 e. The molecule has 0 amide bonds. The van der Waals surface area contributed by atoms with Crippen molar-refractivity contribution in [2.24, 2.45) is 0 Å². The Morgan fingerprint density at radius 1 is 1.43 bits per heavy atom. The molecule has 0 aliphatic carbocycles. The molecule has 1 rings (SSSR count). The van der Waals surface area contributed by atoms with Gasteiger partial charge >= 0.3 is 0 Å². The Kier molecular flexibility index (Phi) is 4.11. The number of hydrogen-bond donors (Lipinski definition) is 1. The van der Waals surface area contributed by atoms with Gasteiger partial charge in [-0.3, -0.25) is 0 Å². The second-order valence-corrected chi connectivity index (χ2v) is 3.42. The Hall–Kier alpha value is -0.860. The van der Waals surface area contributed by atoms with E-state index >= 15 is 0 Å². The maximum Gasteiger partial charge on any atom is 0.0795 e. The summed E-state index contributed by atoms with van der Waals surface area (Å²) >= 11 is 0. The number of aryl methyl sites for hydroxylation is 1. The van der Waals surface area contributed by atoms with Crippen LogP contribution in [0, 0.1) is 0 Å². The lowest BCUT2D eigenvalue weighted by Gasteiger charge is -2.15. The van der Waals surface area contributed by atoms with Crippen molar-refractivity contribution in [3.05, 3.63) is 34.9 Å². The highest BCUT2D eigenvalue weighted by atomic mass is 16.5. The minimum absolute atomic E-state index is 0.106. The number of methoxy groups -OCH3 is 1. The van der Waals surface area contributed by atoms with Gasteiger partial charge in [0.25, 0.3) is 0 Å². The van der Waals surface area contributed by atoms with Gasteiger partial charge in [0.15, 0.2) is 0 Å². The van der Waals surface area contributed by atoms with Gasteiger partial charge in [0.1, 0.15) is 0 Å². The van der Waals surface area contributed by atoms with E-state index in [0.29, 0.717) is 0 Å². The second-order valence-electron chi connectivity index (χ2n) is 3.42. The second kappa shape index (κ2) is 5.13. The summed E-state index contributed by atoms with van der Waals surface area (Å²) in [4.78, 5) is 0. The molecular weight excluding hydrogens is 176 g/mol. The Morgan fingerprint density at radius 2 is 2.14 bits per heavy atom. The molecule has 0 radical (unpaired) electrons. The van der Waals surface area contributed by atoms with E-state index in [4.69, 9.17) is 9.84 Å². The van der Waals surface area contributed by atoms with E-state index in [0.717, 1.165) is 12.0 Å². The van der Waals surface area contributed by atoms with Crippen LogP contribution in [-0.2, 0) is 17.8 Å². The van der Waals surface area contributed by atoms with Crippen LogP contribution in [0.3, 0.4) is 0 Å². The summed E-state index contributed by atoms with van der Waals surface area (Å²) in [5.41, 5.74) is 3.44. The van der Waals surface area contributed by atoms with E-state index in [1.54, 1.807) is 7.11 Å². The number of ether oxygens (including phenoxy) is 1. The average molecular weight is 194 g/mol. The lowest BCUT2D eigenvalue weighted by Crippen LogP contribution is -2.01. The Labute approximate surface area is 85.5 Å². The van der Waals surface area contributed by atoms with Crippen LogP contribution >= 0.6 is 0 Å². The highest BCUT2D eigenvalue weighted by Gasteiger charge is 2.08. The fourth-order valence-electron chi connectivity index (χ4n) is 1.59. The monoisotopic (exact) mass is 194 g/mol. The van der Waals surface area contributed by atoms with E-state index in [2.05, 4.69) is 6.92 Å². The normalized spacial score (nSPS) is 12.9. The summed E-state index contributed by atoms with van der Waals surface area (Å²) in [6.45, 7) is 4.25. The van der Waals surface area contributed by atoms with E-state index in [1.807, 2.05) is 25.1 Å². The van der Waals surface area contributed by atoms with Crippen LogP contribution in [0.5, 0.6) is 0 Å². The Morgan fingerprint density at radius 3 is 2.64 bits per heavy atom. The maximum absolute atomic E-state index is 9.01. The molecule has 2 heteroatoms. The zero-order valence-electron chi connectivity index (χ0n) is 9.08. The van der Waals surface area contributed by atoms with Crippen LogP contribution in [0.15, 0.2) is 18.2 Å². The fraction of sp³-hybridized carbons (Fsp3) is 0.500. The van der Waals surface area contributed by atoms with Crippen LogP contribution in [0.1, 0.15) is 36.6 Å². The van der Waals surface area contributed by atoms with Crippen molar-refractivity contribution in [1.82, 2.24) is 0 Å². The largest absolute Gasteiger partial charge is 0.392 e. The molecule has 0 aliphatic heterocycles. The lowest BCUT2D eigenvalue weighted by atomic mass is 9.99. The van der Waals surface area contributed by atoms with Gasteiger partial charge < -0.3 is 9.84 Å². The molecule has 1 aromatic carbocycles. The first kappa shape index (κ1) is 11.2. The predicted octanol–water partition coefficient (Wildman–Crippen LogP) is 2.45. The molecule has 78 valence electrons. The van der Waals surface area contributed by atoms with E-state index in [9.17, 15) is 0 Å². The van der Waals surface area contributed by atoms with Crippen molar-refractivity contribution < 1.29 is 9.84 Å². The summed E-state index contributed by atoms with van der Waals surface area (Å²) in [5, 5.41) is 9.01. The SMILES string of the molecule is CCc1cc(CO)ccc1C(C)OC. The summed E-state index contributed by atoms with van der Waals surface area (Å²) < 4.78 is 5.29. The smallest absolute Gasteiger partial charge is 0.0795 e. The minimum atomic E-state index is 0.106. The first-order valence-electron chi connectivity index (χ1n) is 4.98. The van der Waals surface area contributed by atoms with Crippen molar-refractivity contribution in [2.75, 3.05) is 7.11 Å². The third-order valence-electron chi connectivity index (χ3n) is 2.56. The molecule has 1 atom stereocenters. The number of aliphatic hydroxyl groups excluding tert-OH is 1. The van der Waals surface area contributed by atoms with Gasteiger partial charge in [-0.15, -0.1) is 0 Å². The fourth-order valence-corrected chi connectivity index (χ4v) is 1.59. The van der Waals surface area contributed by atoms with Crippen molar-refractivity contribution in [1.29, 1.82) is 0 Å². The standard InChI is InChI=1S/C12H18O2/c1-4-11-7-10(8-13)5-6-12(11)9(2)14-3/h5-7,9,13H,4,8H2,1-3H3. The molecule has 0 fully saturated rings. The van der Waals surface area contributed by atoms with Crippen molar-refractivity contribution >= 4 is 0 Å². The summed E-state index contributed by atoms with van der Waals surface area (Å²) in [6.07, 6.45) is 1.09. The van der Waals surface area contributed by atoms with Gasteiger partial charge in [0.2, 0.25) is 0 Å². The molecular formula is C12H18O2. The zero-order valence-corrected chi connectivity index (χ0v) is 9.08. The van der Waals surface area contributed by atoms with Crippen LogP contribution in [0.4, 0.5) is 0 Å². The molecule has 0 aromatic heterocycles. The summed E-state index contributed by atoms with van der Waals surface area (Å²) in [5.74, 6) is 0. The third-order valence-corrected chi connectivity index (χ3v) is 2.56. The maximum atomic E-state index is 9.01. The Bertz CT molecular complexity index is 294. The van der Waals surface area contributed by atoms with Gasteiger partial charge in [-0.1, -0.05) is 25.1 Å². The molecule has 0 heterocycles. The van der Waals surface area contributed by atoms with Crippen molar-refractivity contribution in [3.8, 4) is 0 Å². The predicted molar refractivity (Wildman–Crippen MR) is 57.2 cm³/mol. The molecule has 0 aliphatic rings. The molecule has 0 saturated heterocycles. The van der Waals surface area contributed by atoms with Gasteiger partial charge in [-0.25, -0.2) is 0 Å². The number of rotatable bonds is 4. The van der Waals surface area contributed by atoms with Gasteiger partial charge in [-0.2, -0.15) is 0 Å². The van der Waals surface area contributed by atoms with E-state index < -0.39 is 0 Å². The molecule has 0 saturated carbocycles. The lowest BCUT2D eigenvalue weighted by molar-refractivity contribution is 0.119. The third kappa shape index (κ3) is 2.34. The van der Waals surface area contributed by atoms with E-state index in [1.165, 1.54) is 11.1 Å². The van der Waals surface area contributed by atoms with Crippen LogP contribution in [-0.4, -0.2) is 12.2 Å². The molecule has 0 spiro atoms.